The molecule has 0 spiro atoms. The highest BCUT2D eigenvalue weighted by molar-refractivity contribution is 5.81. The Morgan fingerprint density at radius 2 is 1.79 bits per heavy atom. The van der Waals surface area contributed by atoms with E-state index in [2.05, 4.69) is 19.2 Å². The molecule has 3 unspecified atom stereocenters. The van der Waals surface area contributed by atoms with Crippen LogP contribution in [0.5, 0.6) is 0 Å². The van der Waals surface area contributed by atoms with Crippen LogP contribution in [0.4, 0.5) is 0 Å². The van der Waals surface area contributed by atoms with Gasteiger partial charge < -0.3 is 10.4 Å². The Bertz CT molecular complexity index is 364. The second-order valence-corrected chi connectivity index (χ2v) is 6.84. The Morgan fingerprint density at radius 3 is 2.37 bits per heavy atom. The van der Waals surface area contributed by atoms with Gasteiger partial charge in [-0.1, -0.05) is 26.7 Å². The van der Waals surface area contributed by atoms with Crippen molar-refractivity contribution >= 4 is 11.9 Å². The number of rotatable bonds is 3. The molecule has 2 rings (SSSR count). The number of amides is 1. The standard InChI is InChI=1S/C15H25NO3/c1-15(2)8-4-3-5-12(15)16-13(17)10-6-7-11(9-10)14(18)19/h10-12H,3-9H2,1-2H3,(H,16,17)(H,18,19). The summed E-state index contributed by atoms with van der Waals surface area (Å²) in [5.41, 5.74) is 0.165. The third-order valence-corrected chi connectivity index (χ3v) is 4.98. The van der Waals surface area contributed by atoms with Gasteiger partial charge in [0.15, 0.2) is 0 Å². The minimum atomic E-state index is -0.756. The van der Waals surface area contributed by atoms with Crippen LogP contribution in [0.1, 0.15) is 58.8 Å². The number of carboxylic acids is 1. The van der Waals surface area contributed by atoms with E-state index in [1.165, 1.54) is 12.8 Å². The summed E-state index contributed by atoms with van der Waals surface area (Å²) in [7, 11) is 0. The summed E-state index contributed by atoms with van der Waals surface area (Å²) >= 11 is 0. The van der Waals surface area contributed by atoms with Gasteiger partial charge in [-0.2, -0.15) is 0 Å². The lowest BCUT2D eigenvalue weighted by molar-refractivity contribution is -0.141. The fourth-order valence-electron chi connectivity index (χ4n) is 3.50. The quantitative estimate of drug-likeness (QED) is 0.826. The summed E-state index contributed by atoms with van der Waals surface area (Å²) in [6.07, 6.45) is 6.49. The van der Waals surface area contributed by atoms with Crippen LogP contribution in [0.2, 0.25) is 0 Å². The van der Waals surface area contributed by atoms with Gasteiger partial charge in [0, 0.05) is 12.0 Å². The molecule has 0 aromatic heterocycles. The SMILES string of the molecule is CC1(C)CCCCC1NC(=O)C1CCC(C(=O)O)C1. The van der Waals surface area contributed by atoms with E-state index in [-0.39, 0.29) is 29.2 Å². The second-order valence-electron chi connectivity index (χ2n) is 6.84. The highest BCUT2D eigenvalue weighted by atomic mass is 16.4. The first-order chi connectivity index (χ1) is 8.90. The van der Waals surface area contributed by atoms with Gasteiger partial charge in [-0.15, -0.1) is 0 Å². The normalized spacial score (nSPS) is 33.9. The molecule has 0 heterocycles. The van der Waals surface area contributed by atoms with Crippen molar-refractivity contribution in [3.63, 3.8) is 0 Å². The molecule has 2 aliphatic rings. The van der Waals surface area contributed by atoms with E-state index in [1.807, 2.05) is 0 Å². The molecule has 3 atom stereocenters. The Hall–Kier alpha value is -1.06. The van der Waals surface area contributed by atoms with E-state index in [9.17, 15) is 9.59 Å². The molecule has 0 saturated heterocycles. The Morgan fingerprint density at radius 1 is 1.11 bits per heavy atom. The van der Waals surface area contributed by atoms with Gasteiger partial charge in [0.25, 0.3) is 0 Å². The number of carbonyl (C=O) groups is 2. The number of nitrogens with one attached hydrogen (secondary N) is 1. The third-order valence-electron chi connectivity index (χ3n) is 4.98. The van der Waals surface area contributed by atoms with Crippen molar-refractivity contribution in [3.8, 4) is 0 Å². The van der Waals surface area contributed by atoms with E-state index in [4.69, 9.17) is 5.11 Å². The third kappa shape index (κ3) is 3.28. The first kappa shape index (κ1) is 14.4. The second kappa shape index (κ2) is 5.51. The summed E-state index contributed by atoms with van der Waals surface area (Å²) < 4.78 is 0. The molecule has 2 fully saturated rings. The first-order valence-electron chi connectivity index (χ1n) is 7.43. The number of aliphatic carboxylic acids is 1. The average Bonchev–Trinajstić information content (AvgIpc) is 2.81. The monoisotopic (exact) mass is 267 g/mol. The maximum Gasteiger partial charge on any atom is 0.306 e. The van der Waals surface area contributed by atoms with Crippen LogP contribution in [0.3, 0.4) is 0 Å². The summed E-state index contributed by atoms with van der Waals surface area (Å²) in [6.45, 7) is 4.43. The van der Waals surface area contributed by atoms with E-state index < -0.39 is 5.97 Å². The fourth-order valence-corrected chi connectivity index (χ4v) is 3.50. The van der Waals surface area contributed by atoms with Crippen molar-refractivity contribution in [1.29, 1.82) is 0 Å². The lowest BCUT2D eigenvalue weighted by atomic mass is 9.73. The van der Waals surface area contributed by atoms with Gasteiger partial charge in [-0.25, -0.2) is 0 Å². The average molecular weight is 267 g/mol. The Labute approximate surface area is 115 Å². The van der Waals surface area contributed by atoms with Crippen molar-refractivity contribution in [2.24, 2.45) is 17.3 Å². The Kier molecular flexibility index (Phi) is 4.16. The van der Waals surface area contributed by atoms with Crippen LogP contribution in [-0.2, 0) is 9.59 Å². The van der Waals surface area contributed by atoms with E-state index in [1.54, 1.807) is 0 Å². The molecule has 0 aromatic rings. The highest BCUT2D eigenvalue weighted by Gasteiger charge is 2.37. The molecule has 19 heavy (non-hydrogen) atoms. The van der Waals surface area contributed by atoms with Crippen molar-refractivity contribution in [2.45, 2.75) is 64.8 Å². The smallest absolute Gasteiger partial charge is 0.306 e. The zero-order valence-electron chi connectivity index (χ0n) is 11.9. The highest BCUT2D eigenvalue weighted by Crippen LogP contribution is 2.37. The summed E-state index contributed by atoms with van der Waals surface area (Å²) in [4.78, 5) is 23.2. The van der Waals surface area contributed by atoms with Gasteiger partial charge in [0.1, 0.15) is 0 Å². The van der Waals surface area contributed by atoms with Crippen LogP contribution < -0.4 is 5.32 Å². The molecule has 0 radical (unpaired) electrons. The van der Waals surface area contributed by atoms with E-state index in [0.717, 1.165) is 19.3 Å². The number of hydrogen-bond acceptors (Lipinski definition) is 2. The van der Waals surface area contributed by atoms with Crippen LogP contribution >= 0.6 is 0 Å². The van der Waals surface area contributed by atoms with Crippen LogP contribution in [-0.4, -0.2) is 23.0 Å². The molecule has 0 bridgehead atoms. The summed E-state index contributed by atoms with van der Waals surface area (Å²) in [5.74, 6) is -1.11. The summed E-state index contributed by atoms with van der Waals surface area (Å²) in [5, 5.41) is 12.2. The van der Waals surface area contributed by atoms with Crippen LogP contribution in [0.15, 0.2) is 0 Å². The topological polar surface area (TPSA) is 66.4 Å². The lowest BCUT2D eigenvalue weighted by Gasteiger charge is -2.39. The molecule has 2 aliphatic carbocycles. The van der Waals surface area contributed by atoms with Crippen LogP contribution in [0, 0.1) is 17.3 Å². The molecule has 2 saturated carbocycles. The van der Waals surface area contributed by atoms with Crippen molar-refractivity contribution in [1.82, 2.24) is 5.32 Å². The first-order valence-corrected chi connectivity index (χ1v) is 7.43. The summed E-state index contributed by atoms with van der Waals surface area (Å²) in [6, 6.07) is 0.248. The zero-order chi connectivity index (χ0) is 14.0. The van der Waals surface area contributed by atoms with Gasteiger partial charge in [0.2, 0.25) is 5.91 Å². The van der Waals surface area contributed by atoms with E-state index in [0.29, 0.717) is 12.8 Å². The van der Waals surface area contributed by atoms with Gasteiger partial charge in [-0.3, -0.25) is 9.59 Å². The minimum absolute atomic E-state index is 0.0729. The van der Waals surface area contributed by atoms with Crippen molar-refractivity contribution < 1.29 is 14.7 Å². The molecule has 108 valence electrons. The van der Waals surface area contributed by atoms with E-state index >= 15 is 0 Å². The molecule has 1 amide bonds. The lowest BCUT2D eigenvalue weighted by Crippen LogP contribution is -2.48. The van der Waals surface area contributed by atoms with Gasteiger partial charge >= 0.3 is 5.97 Å². The Balaban J connectivity index is 1.89. The minimum Gasteiger partial charge on any atom is -0.481 e. The predicted octanol–water partition coefficient (Wildman–Crippen LogP) is 2.57. The zero-order valence-corrected chi connectivity index (χ0v) is 11.9. The molecular weight excluding hydrogens is 242 g/mol. The maximum absolute atomic E-state index is 12.3. The number of hydrogen-bond donors (Lipinski definition) is 2. The fraction of sp³-hybridized carbons (Fsp3) is 0.867. The predicted molar refractivity (Wildman–Crippen MR) is 72.6 cm³/mol. The molecular formula is C15H25NO3. The van der Waals surface area contributed by atoms with Gasteiger partial charge in [-0.05, 0) is 37.5 Å². The largest absolute Gasteiger partial charge is 0.481 e. The number of carbonyl (C=O) groups excluding carboxylic acids is 1. The van der Waals surface area contributed by atoms with Crippen molar-refractivity contribution in [3.05, 3.63) is 0 Å². The van der Waals surface area contributed by atoms with Crippen LogP contribution in [0.25, 0.3) is 0 Å². The molecule has 4 heteroatoms. The molecule has 0 aromatic carbocycles. The molecule has 4 nitrogen and oxygen atoms in total. The van der Waals surface area contributed by atoms with Crippen molar-refractivity contribution in [2.75, 3.05) is 0 Å². The van der Waals surface area contributed by atoms with Gasteiger partial charge in [0.05, 0.1) is 5.92 Å². The maximum atomic E-state index is 12.3. The number of carboxylic acid groups (broad SMARTS) is 1. The molecule has 2 N–H and O–H groups in total. The molecule has 0 aliphatic heterocycles.